The molecule has 2 N–H and O–H groups in total. The predicted octanol–water partition coefficient (Wildman–Crippen LogP) is 2.98. The van der Waals surface area contributed by atoms with Crippen molar-refractivity contribution in [2.45, 2.75) is 20.3 Å². The van der Waals surface area contributed by atoms with Crippen molar-refractivity contribution in [1.29, 1.82) is 0 Å². The molecule has 0 spiro atoms. The molecule has 1 aromatic heterocycles. The van der Waals surface area contributed by atoms with Crippen LogP contribution in [0.3, 0.4) is 0 Å². The van der Waals surface area contributed by atoms with Crippen LogP contribution in [-0.2, 0) is 6.42 Å². The summed E-state index contributed by atoms with van der Waals surface area (Å²) in [6, 6.07) is 1.87. The number of fused-ring (bicyclic) bond motifs is 3. The molecule has 2 aromatic rings. The SMILES string of the molecule is Cc1cc2c(c(C)c1Cl)-c1n[nH]c(C(=O)O)c1CCO2. The maximum Gasteiger partial charge on any atom is 0.354 e. The Morgan fingerprint density at radius 1 is 1.50 bits per heavy atom. The van der Waals surface area contributed by atoms with Crippen LogP contribution in [-0.4, -0.2) is 27.9 Å². The fraction of sp³-hybridized carbons (Fsp3) is 0.286. The number of aromatic amines is 1. The average molecular weight is 293 g/mol. The minimum absolute atomic E-state index is 0.118. The van der Waals surface area contributed by atoms with Crippen molar-refractivity contribution in [3.8, 4) is 17.0 Å². The monoisotopic (exact) mass is 292 g/mol. The molecule has 0 amide bonds. The van der Waals surface area contributed by atoms with E-state index in [1.807, 2.05) is 19.9 Å². The van der Waals surface area contributed by atoms with Gasteiger partial charge in [0.05, 0.1) is 6.61 Å². The highest BCUT2D eigenvalue weighted by Gasteiger charge is 2.27. The van der Waals surface area contributed by atoms with Crippen LogP contribution in [0, 0.1) is 13.8 Å². The number of carbonyl (C=O) groups is 1. The van der Waals surface area contributed by atoms with Gasteiger partial charge in [-0.3, -0.25) is 5.10 Å². The van der Waals surface area contributed by atoms with Crippen LogP contribution in [0.2, 0.25) is 5.02 Å². The summed E-state index contributed by atoms with van der Waals surface area (Å²) in [7, 11) is 0. The molecule has 0 atom stereocenters. The van der Waals surface area contributed by atoms with E-state index in [1.54, 1.807) is 0 Å². The Hall–Kier alpha value is -2.01. The number of aromatic carboxylic acids is 1. The first-order chi connectivity index (χ1) is 9.50. The van der Waals surface area contributed by atoms with Gasteiger partial charge in [0.1, 0.15) is 17.1 Å². The number of nitrogens with one attached hydrogen (secondary N) is 1. The number of benzene rings is 1. The quantitative estimate of drug-likeness (QED) is 0.847. The molecular formula is C14H13ClN2O3. The van der Waals surface area contributed by atoms with Crippen LogP contribution < -0.4 is 4.74 Å². The fourth-order valence-electron chi connectivity index (χ4n) is 2.59. The number of carboxylic acid groups (broad SMARTS) is 1. The minimum Gasteiger partial charge on any atom is -0.493 e. The largest absolute Gasteiger partial charge is 0.493 e. The molecule has 1 aliphatic rings. The molecular weight excluding hydrogens is 280 g/mol. The molecule has 0 saturated heterocycles. The van der Waals surface area contributed by atoms with Crippen molar-refractivity contribution >= 4 is 17.6 Å². The van der Waals surface area contributed by atoms with E-state index in [9.17, 15) is 9.90 Å². The molecule has 6 heteroatoms. The zero-order valence-corrected chi connectivity index (χ0v) is 11.8. The second-order valence-electron chi connectivity index (χ2n) is 4.83. The fourth-order valence-corrected chi connectivity index (χ4v) is 2.73. The summed E-state index contributed by atoms with van der Waals surface area (Å²) < 4.78 is 5.74. The van der Waals surface area contributed by atoms with Crippen molar-refractivity contribution in [3.05, 3.63) is 33.5 Å². The first kappa shape index (κ1) is 13.0. The van der Waals surface area contributed by atoms with Gasteiger partial charge in [0.25, 0.3) is 0 Å². The number of aryl methyl sites for hydroxylation is 1. The van der Waals surface area contributed by atoms with Crippen molar-refractivity contribution in [1.82, 2.24) is 10.2 Å². The average Bonchev–Trinajstić information content (AvgIpc) is 2.72. The van der Waals surface area contributed by atoms with Gasteiger partial charge in [0.15, 0.2) is 0 Å². The van der Waals surface area contributed by atoms with Gasteiger partial charge in [-0.15, -0.1) is 0 Å². The van der Waals surface area contributed by atoms with E-state index in [4.69, 9.17) is 16.3 Å². The third-order valence-corrected chi connectivity index (χ3v) is 4.15. The Kier molecular flexibility index (Phi) is 2.94. The molecule has 20 heavy (non-hydrogen) atoms. The molecule has 5 nitrogen and oxygen atoms in total. The lowest BCUT2D eigenvalue weighted by Crippen LogP contribution is -2.05. The normalized spacial score (nSPS) is 13.2. The van der Waals surface area contributed by atoms with Crippen molar-refractivity contribution < 1.29 is 14.6 Å². The molecule has 0 saturated carbocycles. The van der Waals surface area contributed by atoms with Gasteiger partial charge in [0, 0.05) is 22.6 Å². The summed E-state index contributed by atoms with van der Waals surface area (Å²) in [6.45, 7) is 4.22. The summed E-state index contributed by atoms with van der Waals surface area (Å²) in [5, 5.41) is 16.6. The van der Waals surface area contributed by atoms with E-state index in [1.165, 1.54) is 0 Å². The molecule has 0 bridgehead atoms. The van der Waals surface area contributed by atoms with E-state index in [-0.39, 0.29) is 5.69 Å². The van der Waals surface area contributed by atoms with Crippen LogP contribution in [0.5, 0.6) is 5.75 Å². The van der Waals surface area contributed by atoms with Crippen LogP contribution >= 0.6 is 11.6 Å². The molecule has 3 rings (SSSR count). The Morgan fingerprint density at radius 2 is 2.25 bits per heavy atom. The van der Waals surface area contributed by atoms with Crippen LogP contribution in [0.1, 0.15) is 27.2 Å². The summed E-state index contributed by atoms with van der Waals surface area (Å²) in [6.07, 6.45) is 0.498. The Labute approximate surface area is 120 Å². The maximum atomic E-state index is 11.2. The molecule has 1 aliphatic heterocycles. The third-order valence-electron chi connectivity index (χ3n) is 3.57. The van der Waals surface area contributed by atoms with Gasteiger partial charge in [-0.1, -0.05) is 11.6 Å². The van der Waals surface area contributed by atoms with Crippen molar-refractivity contribution in [2.75, 3.05) is 6.61 Å². The first-order valence-corrected chi connectivity index (χ1v) is 6.62. The zero-order valence-electron chi connectivity index (χ0n) is 11.1. The van der Waals surface area contributed by atoms with Crippen LogP contribution in [0.25, 0.3) is 11.3 Å². The molecule has 0 radical (unpaired) electrons. The number of ether oxygens (including phenoxy) is 1. The van der Waals surface area contributed by atoms with Gasteiger partial charge in [-0.05, 0) is 31.0 Å². The number of rotatable bonds is 1. The van der Waals surface area contributed by atoms with E-state index in [0.717, 1.165) is 16.7 Å². The highest BCUT2D eigenvalue weighted by atomic mass is 35.5. The molecule has 1 aromatic carbocycles. The van der Waals surface area contributed by atoms with Crippen molar-refractivity contribution in [2.24, 2.45) is 0 Å². The number of carboxylic acids is 1. The number of aromatic nitrogens is 2. The van der Waals surface area contributed by atoms with E-state index in [0.29, 0.717) is 35.1 Å². The Morgan fingerprint density at radius 3 is 2.95 bits per heavy atom. The number of halogens is 1. The Balaban J connectivity index is 2.32. The summed E-state index contributed by atoms with van der Waals surface area (Å²) in [4.78, 5) is 11.2. The Bertz CT molecular complexity index is 722. The lowest BCUT2D eigenvalue weighted by molar-refractivity contribution is 0.0689. The highest BCUT2D eigenvalue weighted by molar-refractivity contribution is 6.32. The molecule has 2 heterocycles. The summed E-state index contributed by atoms with van der Waals surface area (Å²) in [5.74, 6) is -0.315. The standard InChI is InChI=1S/C14H13ClN2O3/c1-6-5-9-10(7(2)11(6)15)12-8(3-4-20-9)13(14(18)19)17-16-12/h5H,3-4H2,1-2H3,(H,16,17)(H,18,19). The summed E-state index contributed by atoms with van der Waals surface area (Å²) >= 11 is 6.29. The minimum atomic E-state index is -1.02. The van der Waals surface area contributed by atoms with Gasteiger partial charge < -0.3 is 9.84 Å². The van der Waals surface area contributed by atoms with E-state index >= 15 is 0 Å². The molecule has 0 unspecified atom stereocenters. The topological polar surface area (TPSA) is 75.2 Å². The first-order valence-electron chi connectivity index (χ1n) is 6.24. The zero-order chi connectivity index (χ0) is 14.4. The molecule has 0 aliphatic carbocycles. The second kappa shape index (κ2) is 4.52. The summed E-state index contributed by atoms with van der Waals surface area (Å²) in [5.41, 5.74) is 3.96. The maximum absolute atomic E-state index is 11.2. The van der Waals surface area contributed by atoms with E-state index in [2.05, 4.69) is 10.2 Å². The van der Waals surface area contributed by atoms with Crippen LogP contribution in [0.15, 0.2) is 6.07 Å². The smallest absolute Gasteiger partial charge is 0.354 e. The number of hydrogen-bond acceptors (Lipinski definition) is 3. The van der Waals surface area contributed by atoms with Gasteiger partial charge in [-0.2, -0.15) is 5.10 Å². The molecule has 0 fully saturated rings. The van der Waals surface area contributed by atoms with Crippen LogP contribution in [0.4, 0.5) is 0 Å². The highest BCUT2D eigenvalue weighted by Crippen LogP contribution is 2.41. The second-order valence-corrected chi connectivity index (χ2v) is 5.21. The lowest BCUT2D eigenvalue weighted by atomic mass is 9.98. The van der Waals surface area contributed by atoms with E-state index < -0.39 is 5.97 Å². The van der Waals surface area contributed by atoms with Crippen molar-refractivity contribution in [3.63, 3.8) is 0 Å². The third kappa shape index (κ3) is 1.78. The lowest BCUT2D eigenvalue weighted by Gasteiger charge is -2.13. The van der Waals surface area contributed by atoms with Gasteiger partial charge >= 0.3 is 5.97 Å². The number of H-pyrrole nitrogens is 1. The van der Waals surface area contributed by atoms with Gasteiger partial charge in [0.2, 0.25) is 0 Å². The molecule has 104 valence electrons. The number of hydrogen-bond donors (Lipinski definition) is 2. The van der Waals surface area contributed by atoms with Gasteiger partial charge in [-0.25, -0.2) is 4.79 Å². The predicted molar refractivity (Wildman–Crippen MR) is 74.7 cm³/mol. The number of nitrogens with zero attached hydrogens (tertiary/aromatic N) is 1.